The molecular weight excluding hydrogens is 238 g/mol. The molecule has 0 saturated carbocycles. The average molecular weight is 251 g/mol. The molecular formula is C16H13NO2. The van der Waals surface area contributed by atoms with Crippen molar-refractivity contribution in [2.24, 2.45) is 0 Å². The predicted octanol–water partition coefficient (Wildman–Crippen LogP) is 3.11. The summed E-state index contributed by atoms with van der Waals surface area (Å²) >= 11 is 0. The highest BCUT2D eigenvalue weighted by Crippen LogP contribution is 2.23. The second-order valence-corrected chi connectivity index (χ2v) is 4.31. The van der Waals surface area contributed by atoms with Crippen LogP contribution in [0.5, 0.6) is 5.75 Å². The maximum Gasteiger partial charge on any atom is 0.248 e. The molecule has 3 rings (SSSR count). The van der Waals surface area contributed by atoms with E-state index in [0.29, 0.717) is 6.61 Å². The summed E-state index contributed by atoms with van der Waals surface area (Å²) in [5.41, 5.74) is 1.80. The van der Waals surface area contributed by atoms with Gasteiger partial charge in [-0.25, -0.2) is 0 Å². The molecule has 0 aliphatic carbocycles. The SMILES string of the molecule is O=c1ccc2c(OCc3ccccc3)cccc2[nH]1. The summed E-state index contributed by atoms with van der Waals surface area (Å²) in [6.07, 6.45) is 0. The van der Waals surface area contributed by atoms with Gasteiger partial charge in [0.25, 0.3) is 0 Å². The van der Waals surface area contributed by atoms with Crippen LogP contribution in [0.2, 0.25) is 0 Å². The Morgan fingerprint density at radius 2 is 1.74 bits per heavy atom. The van der Waals surface area contributed by atoms with E-state index in [9.17, 15) is 4.79 Å². The fourth-order valence-corrected chi connectivity index (χ4v) is 2.02. The normalized spacial score (nSPS) is 10.5. The van der Waals surface area contributed by atoms with Crippen LogP contribution >= 0.6 is 0 Å². The molecule has 0 bridgehead atoms. The van der Waals surface area contributed by atoms with E-state index in [0.717, 1.165) is 22.2 Å². The Kier molecular flexibility index (Phi) is 3.02. The topological polar surface area (TPSA) is 42.1 Å². The Bertz CT molecular complexity index is 747. The molecule has 0 aliphatic rings. The smallest absolute Gasteiger partial charge is 0.248 e. The zero-order chi connectivity index (χ0) is 13.1. The predicted molar refractivity (Wildman–Crippen MR) is 75.3 cm³/mol. The van der Waals surface area contributed by atoms with Gasteiger partial charge >= 0.3 is 0 Å². The van der Waals surface area contributed by atoms with Crippen LogP contribution in [0.1, 0.15) is 5.56 Å². The minimum absolute atomic E-state index is 0.104. The Balaban J connectivity index is 1.91. The first kappa shape index (κ1) is 11.5. The lowest BCUT2D eigenvalue weighted by atomic mass is 10.2. The second kappa shape index (κ2) is 4.98. The van der Waals surface area contributed by atoms with Crippen molar-refractivity contribution >= 4 is 10.9 Å². The van der Waals surface area contributed by atoms with Gasteiger partial charge in [0, 0.05) is 11.5 Å². The molecule has 94 valence electrons. The molecule has 0 unspecified atom stereocenters. The molecule has 0 radical (unpaired) electrons. The summed E-state index contributed by atoms with van der Waals surface area (Å²) in [6.45, 7) is 0.513. The van der Waals surface area contributed by atoms with E-state index in [4.69, 9.17) is 4.74 Å². The summed E-state index contributed by atoms with van der Waals surface area (Å²) in [5, 5.41) is 0.915. The maximum atomic E-state index is 11.3. The van der Waals surface area contributed by atoms with Gasteiger partial charge in [-0.3, -0.25) is 4.79 Å². The lowest BCUT2D eigenvalue weighted by Crippen LogP contribution is -2.03. The van der Waals surface area contributed by atoms with Crippen LogP contribution in [0.3, 0.4) is 0 Å². The quantitative estimate of drug-likeness (QED) is 0.777. The molecule has 0 fully saturated rings. The van der Waals surface area contributed by atoms with Gasteiger partial charge in [0.15, 0.2) is 0 Å². The summed E-state index contributed by atoms with van der Waals surface area (Å²) in [4.78, 5) is 14.1. The number of pyridine rings is 1. The van der Waals surface area contributed by atoms with Crippen LogP contribution in [-0.4, -0.2) is 4.98 Å². The van der Waals surface area contributed by atoms with Gasteiger partial charge < -0.3 is 9.72 Å². The lowest BCUT2D eigenvalue weighted by Gasteiger charge is -2.09. The molecule has 0 aliphatic heterocycles. The molecule has 19 heavy (non-hydrogen) atoms. The van der Waals surface area contributed by atoms with E-state index in [-0.39, 0.29) is 5.56 Å². The maximum absolute atomic E-state index is 11.3. The second-order valence-electron chi connectivity index (χ2n) is 4.31. The van der Waals surface area contributed by atoms with Crippen LogP contribution in [0.4, 0.5) is 0 Å². The van der Waals surface area contributed by atoms with E-state index in [1.807, 2.05) is 48.5 Å². The highest BCUT2D eigenvalue weighted by Gasteiger charge is 2.02. The molecule has 0 saturated heterocycles. The summed E-state index contributed by atoms with van der Waals surface area (Å²) in [6, 6.07) is 18.9. The number of aromatic nitrogens is 1. The summed E-state index contributed by atoms with van der Waals surface area (Å²) in [7, 11) is 0. The van der Waals surface area contributed by atoms with Crippen molar-refractivity contribution in [1.29, 1.82) is 0 Å². The van der Waals surface area contributed by atoms with Crippen molar-refractivity contribution in [2.75, 3.05) is 0 Å². The molecule has 1 heterocycles. The Morgan fingerprint density at radius 3 is 2.58 bits per heavy atom. The van der Waals surface area contributed by atoms with Crippen molar-refractivity contribution in [3.8, 4) is 5.75 Å². The number of nitrogens with one attached hydrogen (secondary N) is 1. The van der Waals surface area contributed by atoms with Crippen LogP contribution < -0.4 is 10.3 Å². The van der Waals surface area contributed by atoms with Gasteiger partial charge in [0.1, 0.15) is 12.4 Å². The number of fused-ring (bicyclic) bond motifs is 1. The molecule has 1 N–H and O–H groups in total. The molecule has 0 atom stereocenters. The number of H-pyrrole nitrogens is 1. The number of rotatable bonds is 3. The van der Waals surface area contributed by atoms with Crippen LogP contribution in [0.25, 0.3) is 10.9 Å². The van der Waals surface area contributed by atoms with E-state index < -0.39 is 0 Å². The monoisotopic (exact) mass is 251 g/mol. The average Bonchev–Trinajstić information content (AvgIpc) is 2.45. The van der Waals surface area contributed by atoms with E-state index in [1.165, 1.54) is 6.07 Å². The van der Waals surface area contributed by atoms with Gasteiger partial charge in [-0.15, -0.1) is 0 Å². The summed E-state index contributed by atoms with van der Waals surface area (Å²) in [5.74, 6) is 0.776. The van der Waals surface area contributed by atoms with Gasteiger partial charge in [0.05, 0.1) is 5.52 Å². The van der Waals surface area contributed by atoms with E-state index in [2.05, 4.69) is 4.98 Å². The van der Waals surface area contributed by atoms with Crippen molar-refractivity contribution in [1.82, 2.24) is 4.98 Å². The third-order valence-electron chi connectivity index (χ3n) is 2.96. The van der Waals surface area contributed by atoms with Crippen LogP contribution in [-0.2, 0) is 6.61 Å². The van der Waals surface area contributed by atoms with Crippen molar-refractivity contribution in [3.05, 3.63) is 76.6 Å². The first-order valence-electron chi connectivity index (χ1n) is 6.12. The van der Waals surface area contributed by atoms with Gasteiger partial charge in [0.2, 0.25) is 5.56 Å². The fraction of sp³-hybridized carbons (Fsp3) is 0.0625. The van der Waals surface area contributed by atoms with E-state index in [1.54, 1.807) is 6.07 Å². The summed E-state index contributed by atoms with van der Waals surface area (Å²) < 4.78 is 5.82. The lowest BCUT2D eigenvalue weighted by molar-refractivity contribution is 0.310. The van der Waals surface area contributed by atoms with Crippen molar-refractivity contribution in [3.63, 3.8) is 0 Å². The zero-order valence-corrected chi connectivity index (χ0v) is 10.3. The number of hydrogen-bond acceptors (Lipinski definition) is 2. The standard InChI is InChI=1S/C16H13NO2/c18-16-10-9-13-14(17-16)7-4-8-15(13)19-11-12-5-2-1-3-6-12/h1-10H,11H2,(H,17,18). The zero-order valence-electron chi connectivity index (χ0n) is 10.3. The van der Waals surface area contributed by atoms with Crippen LogP contribution in [0, 0.1) is 0 Å². The third-order valence-corrected chi connectivity index (χ3v) is 2.96. The van der Waals surface area contributed by atoms with Crippen LogP contribution in [0.15, 0.2) is 65.5 Å². The Morgan fingerprint density at radius 1 is 0.895 bits per heavy atom. The molecule has 0 amide bonds. The van der Waals surface area contributed by atoms with Gasteiger partial charge in [-0.2, -0.15) is 0 Å². The van der Waals surface area contributed by atoms with Crippen molar-refractivity contribution in [2.45, 2.75) is 6.61 Å². The largest absolute Gasteiger partial charge is 0.488 e. The van der Waals surface area contributed by atoms with E-state index >= 15 is 0 Å². The fourth-order valence-electron chi connectivity index (χ4n) is 2.02. The molecule has 0 spiro atoms. The minimum atomic E-state index is -0.104. The Hall–Kier alpha value is -2.55. The number of benzene rings is 2. The van der Waals surface area contributed by atoms with Gasteiger partial charge in [-0.1, -0.05) is 36.4 Å². The molecule has 2 aromatic carbocycles. The number of aromatic amines is 1. The molecule has 3 heteroatoms. The third kappa shape index (κ3) is 2.50. The Labute approximate surface area is 110 Å². The first-order valence-corrected chi connectivity index (χ1v) is 6.12. The molecule has 3 nitrogen and oxygen atoms in total. The minimum Gasteiger partial charge on any atom is -0.488 e. The number of ether oxygens (including phenoxy) is 1. The highest BCUT2D eigenvalue weighted by molar-refractivity contribution is 5.84. The first-order chi connectivity index (χ1) is 9.33. The highest BCUT2D eigenvalue weighted by atomic mass is 16.5. The van der Waals surface area contributed by atoms with Crippen molar-refractivity contribution < 1.29 is 4.74 Å². The number of hydrogen-bond donors (Lipinski definition) is 1. The van der Waals surface area contributed by atoms with Gasteiger partial charge in [-0.05, 0) is 23.8 Å². The molecule has 1 aromatic heterocycles. The molecule has 3 aromatic rings.